The number of halogens is 3. The molecule has 1 saturated heterocycles. The average Bonchev–Trinajstić information content (AvgIpc) is 3.22. The Morgan fingerprint density at radius 1 is 1.23 bits per heavy atom. The SMILES string of the molecule is O=C(Cc1ccccc1)N1CCCC1c1nc2c(=O)[nH]c(C3(C(F)(F)F)CC3)nc2s1. The summed E-state index contributed by atoms with van der Waals surface area (Å²) in [6.07, 6.45) is -2.87. The van der Waals surface area contributed by atoms with Crippen LogP contribution in [0.25, 0.3) is 10.3 Å². The number of thiazole rings is 1. The Labute approximate surface area is 179 Å². The molecule has 5 rings (SSSR count). The highest BCUT2D eigenvalue weighted by Gasteiger charge is 2.66. The van der Waals surface area contributed by atoms with Crippen molar-refractivity contribution in [1.29, 1.82) is 0 Å². The zero-order chi connectivity index (χ0) is 21.8. The summed E-state index contributed by atoms with van der Waals surface area (Å²) in [6, 6.07) is 9.12. The van der Waals surface area contributed by atoms with Gasteiger partial charge in [-0.15, -0.1) is 0 Å². The normalized spacial score (nSPS) is 20.4. The fourth-order valence-electron chi connectivity index (χ4n) is 4.19. The van der Waals surface area contributed by atoms with Gasteiger partial charge in [0, 0.05) is 6.54 Å². The summed E-state index contributed by atoms with van der Waals surface area (Å²) in [5, 5.41) is 0.543. The van der Waals surface area contributed by atoms with Gasteiger partial charge in [0.1, 0.15) is 16.2 Å². The first-order valence-corrected chi connectivity index (χ1v) is 10.9. The number of carbonyl (C=O) groups is 1. The van der Waals surface area contributed by atoms with Crippen molar-refractivity contribution in [2.75, 3.05) is 6.54 Å². The number of aromatic nitrogens is 3. The summed E-state index contributed by atoms with van der Waals surface area (Å²) >= 11 is 1.10. The second-order valence-electron chi connectivity index (χ2n) is 8.11. The van der Waals surface area contributed by atoms with Crippen LogP contribution < -0.4 is 5.56 Å². The monoisotopic (exact) mass is 448 g/mol. The Morgan fingerprint density at radius 2 is 1.97 bits per heavy atom. The molecule has 1 aromatic carbocycles. The second kappa shape index (κ2) is 7.15. The van der Waals surface area contributed by atoms with Crippen molar-refractivity contribution < 1.29 is 18.0 Å². The lowest BCUT2D eigenvalue weighted by Gasteiger charge is -2.23. The minimum absolute atomic E-state index is 0.0316. The largest absolute Gasteiger partial charge is 0.401 e. The third-order valence-electron chi connectivity index (χ3n) is 6.09. The molecule has 1 unspecified atom stereocenters. The van der Waals surface area contributed by atoms with Crippen molar-refractivity contribution in [3.63, 3.8) is 0 Å². The zero-order valence-corrected chi connectivity index (χ0v) is 17.2. The van der Waals surface area contributed by atoms with Crippen LogP contribution in [0, 0.1) is 0 Å². The number of benzene rings is 1. The maximum atomic E-state index is 13.5. The molecular formula is C21H19F3N4O2S. The van der Waals surface area contributed by atoms with E-state index in [1.54, 1.807) is 4.90 Å². The van der Waals surface area contributed by atoms with Crippen LogP contribution in [0.4, 0.5) is 13.2 Å². The number of H-pyrrole nitrogens is 1. The molecule has 1 aliphatic carbocycles. The summed E-state index contributed by atoms with van der Waals surface area (Å²) in [5.41, 5.74) is -1.79. The van der Waals surface area contributed by atoms with Crippen LogP contribution in [0.1, 0.15) is 48.1 Å². The molecule has 31 heavy (non-hydrogen) atoms. The van der Waals surface area contributed by atoms with Crippen LogP contribution >= 0.6 is 11.3 Å². The molecule has 2 fully saturated rings. The summed E-state index contributed by atoms with van der Waals surface area (Å²) in [4.78, 5) is 38.1. The predicted octanol–water partition coefficient (Wildman–Crippen LogP) is 3.88. The number of alkyl halides is 3. The Bertz CT molecular complexity index is 1200. The van der Waals surface area contributed by atoms with Crippen molar-refractivity contribution in [3.8, 4) is 0 Å². The molecule has 1 saturated carbocycles. The fourth-order valence-corrected chi connectivity index (χ4v) is 5.28. The van der Waals surface area contributed by atoms with Gasteiger partial charge in [-0.25, -0.2) is 9.97 Å². The number of aromatic amines is 1. The number of nitrogens with zero attached hydrogens (tertiary/aromatic N) is 3. The minimum Gasteiger partial charge on any atom is -0.333 e. The van der Waals surface area contributed by atoms with E-state index in [2.05, 4.69) is 15.0 Å². The first-order valence-electron chi connectivity index (χ1n) is 10.1. The number of likely N-dealkylation sites (tertiary alicyclic amines) is 1. The van der Waals surface area contributed by atoms with Crippen molar-refractivity contribution in [1.82, 2.24) is 19.9 Å². The second-order valence-corrected chi connectivity index (χ2v) is 9.12. The summed E-state index contributed by atoms with van der Waals surface area (Å²) in [7, 11) is 0. The summed E-state index contributed by atoms with van der Waals surface area (Å²) in [6.45, 7) is 0.582. The standard InChI is InChI=1S/C21H19F3N4O2S/c22-21(23,24)20(8-9-20)19-26-16(30)15-18(27-19)31-17(25-15)13-7-4-10-28(13)14(29)11-12-5-2-1-3-6-12/h1-3,5-6,13H,4,7-11H2,(H,26,27,30). The van der Waals surface area contributed by atoms with E-state index < -0.39 is 17.2 Å². The van der Waals surface area contributed by atoms with E-state index in [9.17, 15) is 22.8 Å². The predicted molar refractivity (Wildman–Crippen MR) is 109 cm³/mol. The van der Waals surface area contributed by atoms with E-state index in [4.69, 9.17) is 0 Å². The Balaban J connectivity index is 1.45. The van der Waals surface area contributed by atoms with Crippen LogP contribution in [0.15, 0.2) is 35.1 Å². The molecule has 162 valence electrons. The number of fused-ring (bicyclic) bond motifs is 1. The first-order chi connectivity index (χ1) is 14.8. The molecule has 2 aliphatic rings. The quantitative estimate of drug-likeness (QED) is 0.657. The third-order valence-corrected chi connectivity index (χ3v) is 7.14. The number of nitrogens with one attached hydrogen (secondary N) is 1. The molecule has 1 N–H and O–H groups in total. The minimum atomic E-state index is -4.46. The van der Waals surface area contributed by atoms with E-state index in [-0.39, 0.29) is 47.4 Å². The van der Waals surface area contributed by atoms with E-state index >= 15 is 0 Å². The molecular weight excluding hydrogens is 429 g/mol. The van der Waals surface area contributed by atoms with Crippen LogP contribution in [0.2, 0.25) is 0 Å². The van der Waals surface area contributed by atoms with Gasteiger partial charge in [0.2, 0.25) is 5.91 Å². The van der Waals surface area contributed by atoms with Gasteiger partial charge in [-0.2, -0.15) is 13.2 Å². The lowest BCUT2D eigenvalue weighted by atomic mass is 10.1. The average molecular weight is 448 g/mol. The highest BCUT2D eigenvalue weighted by molar-refractivity contribution is 7.18. The van der Waals surface area contributed by atoms with Gasteiger partial charge in [-0.1, -0.05) is 41.7 Å². The summed E-state index contributed by atoms with van der Waals surface area (Å²) in [5.74, 6) is -0.374. The number of rotatable bonds is 4. The fraction of sp³-hybridized carbons (Fsp3) is 0.429. The van der Waals surface area contributed by atoms with Gasteiger partial charge in [-0.05, 0) is 31.2 Å². The molecule has 3 aromatic rings. The van der Waals surface area contributed by atoms with Crippen molar-refractivity contribution in [2.24, 2.45) is 0 Å². The van der Waals surface area contributed by atoms with Crippen LogP contribution in [-0.4, -0.2) is 38.5 Å². The lowest BCUT2D eigenvalue weighted by Crippen LogP contribution is -2.32. The molecule has 1 amide bonds. The zero-order valence-electron chi connectivity index (χ0n) is 16.4. The highest BCUT2D eigenvalue weighted by Crippen LogP contribution is 2.57. The highest BCUT2D eigenvalue weighted by atomic mass is 32.1. The molecule has 6 nitrogen and oxygen atoms in total. The number of amides is 1. The molecule has 0 spiro atoms. The number of hydrogen-bond donors (Lipinski definition) is 1. The maximum absolute atomic E-state index is 13.5. The van der Waals surface area contributed by atoms with Gasteiger partial charge in [0.25, 0.3) is 5.56 Å². The summed E-state index contributed by atoms with van der Waals surface area (Å²) < 4.78 is 40.4. The molecule has 10 heteroatoms. The van der Waals surface area contributed by atoms with Gasteiger partial charge in [0.05, 0.1) is 12.5 Å². The lowest BCUT2D eigenvalue weighted by molar-refractivity contribution is -0.162. The van der Waals surface area contributed by atoms with Crippen molar-refractivity contribution >= 4 is 27.6 Å². The Kier molecular flexibility index (Phi) is 4.65. The number of hydrogen-bond acceptors (Lipinski definition) is 5. The topological polar surface area (TPSA) is 79.0 Å². The van der Waals surface area contributed by atoms with Crippen molar-refractivity contribution in [2.45, 2.75) is 49.7 Å². The van der Waals surface area contributed by atoms with Gasteiger partial charge in [-0.3, -0.25) is 9.59 Å². The smallest absolute Gasteiger partial charge is 0.333 e. The molecule has 1 aliphatic heterocycles. The van der Waals surface area contributed by atoms with Crippen LogP contribution in [0.3, 0.4) is 0 Å². The molecule has 0 bridgehead atoms. The molecule has 1 atom stereocenters. The maximum Gasteiger partial charge on any atom is 0.401 e. The Hall–Kier alpha value is -2.75. The Morgan fingerprint density at radius 3 is 2.65 bits per heavy atom. The molecule has 0 radical (unpaired) electrons. The van der Waals surface area contributed by atoms with Gasteiger partial charge >= 0.3 is 6.18 Å². The van der Waals surface area contributed by atoms with Gasteiger partial charge < -0.3 is 9.88 Å². The van der Waals surface area contributed by atoms with Gasteiger partial charge in [0.15, 0.2) is 10.3 Å². The van der Waals surface area contributed by atoms with E-state index in [0.29, 0.717) is 18.0 Å². The number of carbonyl (C=O) groups excluding carboxylic acids is 1. The van der Waals surface area contributed by atoms with E-state index in [1.807, 2.05) is 30.3 Å². The molecule has 3 heterocycles. The van der Waals surface area contributed by atoms with Crippen molar-refractivity contribution in [3.05, 3.63) is 57.1 Å². The first kappa shape index (κ1) is 20.2. The molecule has 2 aromatic heterocycles. The van der Waals surface area contributed by atoms with E-state index in [0.717, 1.165) is 23.3 Å². The van der Waals surface area contributed by atoms with E-state index in [1.165, 1.54) is 0 Å². The van der Waals surface area contributed by atoms with Crippen LogP contribution in [-0.2, 0) is 16.6 Å². The third kappa shape index (κ3) is 3.42. The van der Waals surface area contributed by atoms with Crippen LogP contribution in [0.5, 0.6) is 0 Å².